The van der Waals surface area contributed by atoms with Crippen LogP contribution < -0.4 is 0 Å². The third kappa shape index (κ3) is 3.11. The van der Waals surface area contributed by atoms with E-state index in [1.807, 2.05) is 13.8 Å². The van der Waals surface area contributed by atoms with Crippen LogP contribution in [-0.2, 0) is 16.6 Å². The highest BCUT2D eigenvalue weighted by molar-refractivity contribution is 7.89. The molecule has 0 aliphatic carbocycles. The van der Waals surface area contributed by atoms with Gasteiger partial charge in [0.05, 0.1) is 12.2 Å². The normalized spacial score (nSPS) is 17.5. The summed E-state index contributed by atoms with van der Waals surface area (Å²) < 4.78 is 37.6. The fourth-order valence-corrected chi connectivity index (χ4v) is 4.61. The van der Waals surface area contributed by atoms with Crippen LogP contribution in [-0.4, -0.2) is 53.9 Å². The summed E-state index contributed by atoms with van der Waals surface area (Å²) in [6, 6.07) is 0. The molecule has 8 nitrogen and oxygen atoms in total. The fraction of sp³-hybridized carbons (Fsp3) is 0.600. The standard InChI is InChI=1S/C15H22N4O4S/c1-10-12(3)22-14(16-10)9-18-5-7-19(8-6-18)24(20,21)15-11(2)17-23-13(15)4/h5-9H2,1-4H3. The number of nitrogens with zero attached hydrogens (tertiary/aromatic N) is 4. The van der Waals surface area contributed by atoms with Crippen molar-refractivity contribution in [3.8, 4) is 0 Å². The minimum absolute atomic E-state index is 0.190. The largest absolute Gasteiger partial charge is 0.444 e. The summed E-state index contributed by atoms with van der Waals surface area (Å²) in [5.74, 6) is 1.83. The maximum absolute atomic E-state index is 12.8. The zero-order valence-corrected chi connectivity index (χ0v) is 15.2. The second-order valence-corrected chi connectivity index (χ2v) is 7.96. The molecule has 24 heavy (non-hydrogen) atoms. The van der Waals surface area contributed by atoms with Crippen LogP contribution in [0.25, 0.3) is 0 Å². The maximum atomic E-state index is 12.8. The Labute approximate surface area is 141 Å². The van der Waals surface area contributed by atoms with Gasteiger partial charge in [-0.3, -0.25) is 4.90 Å². The lowest BCUT2D eigenvalue weighted by atomic mass is 10.3. The van der Waals surface area contributed by atoms with Crippen molar-refractivity contribution in [2.75, 3.05) is 26.2 Å². The number of aryl methyl sites for hydroxylation is 4. The number of sulfonamides is 1. The van der Waals surface area contributed by atoms with E-state index in [2.05, 4.69) is 15.0 Å². The maximum Gasteiger partial charge on any atom is 0.248 e. The highest BCUT2D eigenvalue weighted by Crippen LogP contribution is 2.24. The molecule has 9 heteroatoms. The van der Waals surface area contributed by atoms with Crippen LogP contribution in [0, 0.1) is 27.7 Å². The second kappa shape index (κ2) is 6.30. The summed E-state index contributed by atoms with van der Waals surface area (Å²) in [5.41, 5.74) is 1.30. The highest BCUT2D eigenvalue weighted by atomic mass is 32.2. The van der Waals surface area contributed by atoms with E-state index in [0.29, 0.717) is 50.1 Å². The lowest BCUT2D eigenvalue weighted by Crippen LogP contribution is -2.48. The first-order chi connectivity index (χ1) is 11.3. The van der Waals surface area contributed by atoms with Gasteiger partial charge < -0.3 is 8.94 Å². The molecule has 3 heterocycles. The number of aromatic nitrogens is 2. The minimum Gasteiger partial charge on any atom is -0.444 e. The summed E-state index contributed by atoms with van der Waals surface area (Å²) >= 11 is 0. The molecule has 0 spiro atoms. The molecule has 132 valence electrons. The van der Waals surface area contributed by atoms with Crippen LogP contribution >= 0.6 is 0 Å². The van der Waals surface area contributed by atoms with E-state index in [-0.39, 0.29) is 4.90 Å². The molecule has 1 saturated heterocycles. The minimum atomic E-state index is -3.57. The predicted octanol–water partition coefficient (Wildman–Crippen LogP) is 1.40. The smallest absolute Gasteiger partial charge is 0.248 e. The third-order valence-corrected chi connectivity index (χ3v) is 6.47. The van der Waals surface area contributed by atoms with Crippen molar-refractivity contribution in [3.63, 3.8) is 0 Å². The van der Waals surface area contributed by atoms with Crippen molar-refractivity contribution < 1.29 is 17.4 Å². The van der Waals surface area contributed by atoms with Gasteiger partial charge in [-0.05, 0) is 27.7 Å². The van der Waals surface area contributed by atoms with E-state index < -0.39 is 10.0 Å². The van der Waals surface area contributed by atoms with E-state index in [4.69, 9.17) is 8.94 Å². The number of hydrogen-bond acceptors (Lipinski definition) is 7. The molecule has 0 saturated carbocycles. The van der Waals surface area contributed by atoms with Gasteiger partial charge in [0.25, 0.3) is 0 Å². The van der Waals surface area contributed by atoms with Crippen molar-refractivity contribution in [1.29, 1.82) is 0 Å². The van der Waals surface area contributed by atoms with E-state index in [9.17, 15) is 8.42 Å². The van der Waals surface area contributed by atoms with Gasteiger partial charge in [-0.25, -0.2) is 13.4 Å². The van der Waals surface area contributed by atoms with Crippen molar-refractivity contribution in [3.05, 3.63) is 28.8 Å². The average molecular weight is 354 g/mol. The number of rotatable bonds is 4. The molecule has 0 radical (unpaired) electrons. The van der Waals surface area contributed by atoms with Gasteiger partial charge in [-0.2, -0.15) is 4.31 Å². The fourth-order valence-electron chi connectivity index (χ4n) is 2.90. The zero-order valence-electron chi connectivity index (χ0n) is 14.4. The Balaban J connectivity index is 1.66. The zero-order chi connectivity index (χ0) is 17.5. The molecule has 0 N–H and O–H groups in total. The number of oxazole rings is 1. The lowest BCUT2D eigenvalue weighted by molar-refractivity contribution is 0.167. The van der Waals surface area contributed by atoms with Crippen LogP contribution in [0.5, 0.6) is 0 Å². The number of hydrogen-bond donors (Lipinski definition) is 0. The first-order valence-corrected chi connectivity index (χ1v) is 9.31. The molecule has 0 bridgehead atoms. The Morgan fingerprint density at radius 1 is 1.00 bits per heavy atom. The van der Waals surface area contributed by atoms with Gasteiger partial charge in [-0.1, -0.05) is 5.16 Å². The number of piperazine rings is 1. The molecule has 1 fully saturated rings. The lowest BCUT2D eigenvalue weighted by Gasteiger charge is -2.33. The van der Waals surface area contributed by atoms with Crippen LogP contribution in [0.1, 0.15) is 28.8 Å². The first-order valence-electron chi connectivity index (χ1n) is 7.87. The van der Waals surface area contributed by atoms with E-state index in [0.717, 1.165) is 11.5 Å². The summed E-state index contributed by atoms with van der Waals surface area (Å²) in [6.45, 7) is 9.76. The molecule has 0 aromatic carbocycles. The van der Waals surface area contributed by atoms with E-state index >= 15 is 0 Å². The molecule has 1 aliphatic rings. The molecule has 0 amide bonds. The summed E-state index contributed by atoms with van der Waals surface area (Å²) in [6.07, 6.45) is 0. The first kappa shape index (κ1) is 17.1. The quantitative estimate of drug-likeness (QED) is 0.819. The van der Waals surface area contributed by atoms with Gasteiger partial charge in [0.1, 0.15) is 16.3 Å². The molecular weight excluding hydrogens is 332 g/mol. The van der Waals surface area contributed by atoms with Gasteiger partial charge in [0.15, 0.2) is 5.76 Å². The molecule has 0 atom stereocenters. The Bertz CT molecular complexity index is 793. The molecule has 3 rings (SSSR count). The van der Waals surface area contributed by atoms with Crippen LogP contribution in [0.3, 0.4) is 0 Å². The summed E-state index contributed by atoms with van der Waals surface area (Å²) in [4.78, 5) is 6.71. The van der Waals surface area contributed by atoms with Crippen molar-refractivity contribution >= 4 is 10.0 Å². The molecule has 0 unspecified atom stereocenters. The SMILES string of the molecule is Cc1nc(CN2CCN(S(=O)(=O)c3c(C)noc3C)CC2)oc1C. The monoisotopic (exact) mass is 354 g/mol. The van der Waals surface area contributed by atoms with Crippen molar-refractivity contribution in [2.24, 2.45) is 0 Å². The molecule has 2 aromatic heterocycles. The Kier molecular flexibility index (Phi) is 4.50. The van der Waals surface area contributed by atoms with Crippen LogP contribution in [0.2, 0.25) is 0 Å². The summed E-state index contributed by atoms with van der Waals surface area (Å²) in [5, 5.41) is 3.75. The molecule has 1 aliphatic heterocycles. The topological polar surface area (TPSA) is 92.7 Å². The van der Waals surface area contributed by atoms with E-state index in [1.54, 1.807) is 13.8 Å². The van der Waals surface area contributed by atoms with E-state index in [1.165, 1.54) is 4.31 Å². The molecule has 2 aromatic rings. The van der Waals surface area contributed by atoms with Gasteiger partial charge >= 0.3 is 0 Å². The third-order valence-electron chi connectivity index (χ3n) is 4.33. The Morgan fingerprint density at radius 2 is 1.67 bits per heavy atom. The van der Waals surface area contributed by atoms with Gasteiger partial charge in [0.2, 0.25) is 15.9 Å². The van der Waals surface area contributed by atoms with Crippen LogP contribution in [0.4, 0.5) is 0 Å². The van der Waals surface area contributed by atoms with Crippen molar-refractivity contribution in [2.45, 2.75) is 39.1 Å². The van der Waals surface area contributed by atoms with Gasteiger partial charge in [0, 0.05) is 26.2 Å². The highest BCUT2D eigenvalue weighted by Gasteiger charge is 2.33. The Hall–Kier alpha value is -1.71. The van der Waals surface area contributed by atoms with Crippen molar-refractivity contribution in [1.82, 2.24) is 19.3 Å². The van der Waals surface area contributed by atoms with Gasteiger partial charge in [-0.15, -0.1) is 0 Å². The average Bonchev–Trinajstić information content (AvgIpc) is 3.02. The second-order valence-electron chi connectivity index (χ2n) is 6.08. The Morgan fingerprint density at radius 3 is 2.17 bits per heavy atom. The van der Waals surface area contributed by atoms with Crippen LogP contribution in [0.15, 0.2) is 13.8 Å². The predicted molar refractivity (Wildman–Crippen MR) is 86.0 cm³/mol. The molecular formula is C15H22N4O4S. The summed E-state index contributed by atoms with van der Waals surface area (Å²) in [7, 11) is -3.57.